The number of amidine groups is 1. The number of nitrogens with one attached hydrogen (secondary N) is 2. The van der Waals surface area contributed by atoms with Crippen LogP contribution >= 0.6 is 0 Å². The molecule has 0 saturated heterocycles. The van der Waals surface area contributed by atoms with Gasteiger partial charge in [-0.3, -0.25) is 4.99 Å². The molecule has 0 radical (unpaired) electrons. The first-order valence-electron chi connectivity index (χ1n) is 11.7. The third-order valence-corrected chi connectivity index (χ3v) is 6.41. The second-order valence-corrected chi connectivity index (χ2v) is 8.57. The van der Waals surface area contributed by atoms with Gasteiger partial charge in [0.25, 0.3) is 0 Å². The van der Waals surface area contributed by atoms with Crippen molar-refractivity contribution >= 4 is 5.84 Å². The molecule has 5 heteroatoms. The molecule has 172 valence electrons. The van der Waals surface area contributed by atoms with Crippen molar-refractivity contribution in [3.8, 4) is 5.75 Å². The zero-order valence-corrected chi connectivity index (χ0v) is 19.1. The van der Waals surface area contributed by atoms with Gasteiger partial charge in [0, 0.05) is 24.4 Å². The standard InChI is InChI=1S/C18H18N2.C10H15NO2/c1-3-7-14(8-4-1)18(15-9-5-2-6-10-15)13-16(18)17-19-11-12-20-17;1-2-11-7-10(13)8-4-3-5-9(12)6-8/h1-10,16H,11-13H2,(H,19,20);3-6,10-13H,2,7H2,1H3. The average Bonchev–Trinajstić information content (AvgIpc) is 3.39. The van der Waals surface area contributed by atoms with Crippen LogP contribution in [0, 0.1) is 5.92 Å². The van der Waals surface area contributed by atoms with Crippen LogP contribution in [-0.2, 0) is 5.41 Å². The van der Waals surface area contributed by atoms with E-state index in [4.69, 9.17) is 5.11 Å². The number of likely N-dealkylation sites (N-methyl/N-ethyl adjacent to an activating group) is 1. The van der Waals surface area contributed by atoms with Gasteiger partial charge < -0.3 is 20.8 Å². The van der Waals surface area contributed by atoms with Crippen LogP contribution in [0.3, 0.4) is 0 Å². The van der Waals surface area contributed by atoms with E-state index in [1.165, 1.54) is 17.0 Å². The molecule has 33 heavy (non-hydrogen) atoms. The van der Waals surface area contributed by atoms with Crippen molar-refractivity contribution in [2.75, 3.05) is 26.2 Å². The van der Waals surface area contributed by atoms with E-state index in [0.717, 1.165) is 31.6 Å². The van der Waals surface area contributed by atoms with Gasteiger partial charge in [-0.1, -0.05) is 79.7 Å². The van der Waals surface area contributed by atoms with Gasteiger partial charge in [0.2, 0.25) is 0 Å². The summed E-state index contributed by atoms with van der Waals surface area (Å²) in [6.07, 6.45) is 0.611. The number of aromatic hydroxyl groups is 1. The number of benzene rings is 3. The molecule has 5 nitrogen and oxygen atoms in total. The zero-order valence-electron chi connectivity index (χ0n) is 19.1. The predicted molar refractivity (Wildman–Crippen MR) is 134 cm³/mol. The second kappa shape index (κ2) is 10.6. The lowest BCUT2D eigenvalue weighted by atomic mass is 9.85. The molecule has 3 aromatic carbocycles. The van der Waals surface area contributed by atoms with Gasteiger partial charge in [-0.25, -0.2) is 0 Å². The first-order chi connectivity index (χ1) is 16.1. The van der Waals surface area contributed by atoms with E-state index in [2.05, 4.69) is 76.3 Å². The van der Waals surface area contributed by atoms with Gasteiger partial charge >= 0.3 is 0 Å². The van der Waals surface area contributed by atoms with Crippen LogP contribution in [0.15, 0.2) is 89.9 Å². The van der Waals surface area contributed by atoms with E-state index in [-0.39, 0.29) is 11.2 Å². The van der Waals surface area contributed by atoms with Crippen molar-refractivity contribution in [2.45, 2.75) is 24.9 Å². The number of hydrogen-bond acceptors (Lipinski definition) is 5. The summed E-state index contributed by atoms with van der Waals surface area (Å²) in [6.45, 7) is 5.24. The third kappa shape index (κ3) is 5.27. The van der Waals surface area contributed by atoms with Crippen molar-refractivity contribution in [2.24, 2.45) is 10.9 Å². The van der Waals surface area contributed by atoms with Crippen LogP contribution < -0.4 is 10.6 Å². The molecular weight excluding hydrogens is 410 g/mol. The minimum Gasteiger partial charge on any atom is -0.508 e. The monoisotopic (exact) mass is 443 g/mol. The minimum absolute atomic E-state index is 0.124. The summed E-state index contributed by atoms with van der Waals surface area (Å²) < 4.78 is 0. The Bertz CT molecular complexity index is 1010. The number of phenolic OH excluding ortho intramolecular Hbond substituents is 1. The highest BCUT2D eigenvalue weighted by Gasteiger charge is 2.59. The van der Waals surface area contributed by atoms with Crippen molar-refractivity contribution in [3.63, 3.8) is 0 Å². The van der Waals surface area contributed by atoms with Gasteiger partial charge in [-0.2, -0.15) is 0 Å². The Labute approximate surface area is 196 Å². The molecular formula is C28H33N3O2. The molecule has 2 atom stereocenters. The Balaban J connectivity index is 0.000000174. The molecule has 2 unspecified atom stereocenters. The lowest BCUT2D eigenvalue weighted by Crippen LogP contribution is -2.25. The van der Waals surface area contributed by atoms with E-state index in [1.807, 2.05) is 6.92 Å². The molecule has 1 saturated carbocycles. The van der Waals surface area contributed by atoms with Crippen LogP contribution in [0.1, 0.15) is 36.1 Å². The lowest BCUT2D eigenvalue weighted by molar-refractivity contribution is 0.175. The Morgan fingerprint density at radius 3 is 2.21 bits per heavy atom. The molecule has 1 aliphatic heterocycles. The van der Waals surface area contributed by atoms with E-state index in [9.17, 15) is 5.11 Å². The van der Waals surface area contributed by atoms with Gasteiger partial charge in [0.15, 0.2) is 0 Å². The number of phenols is 1. The van der Waals surface area contributed by atoms with Crippen LogP contribution in [0.25, 0.3) is 0 Å². The number of hydrogen-bond donors (Lipinski definition) is 4. The lowest BCUT2D eigenvalue weighted by Gasteiger charge is -2.19. The maximum absolute atomic E-state index is 9.60. The quantitative estimate of drug-likeness (QED) is 0.445. The van der Waals surface area contributed by atoms with Crippen LogP contribution in [-0.4, -0.2) is 42.2 Å². The summed E-state index contributed by atoms with van der Waals surface area (Å²) in [6, 6.07) is 28.4. The smallest absolute Gasteiger partial charge is 0.115 e. The Morgan fingerprint density at radius 2 is 1.67 bits per heavy atom. The topological polar surface area (TPSA) is 76.9 Å². The highest BCUT2D eigenvalue weighted by Crippen LogP contribution is 2.59. The number of rotatable bonds is 7. The summed E-state index contributed by atoms with van der Waals surface area (Å²) in [5.74, 6) is 1.90. The Hall–Kier alpha value is -3.15. The van der Waals surface area contributed by atoms with Crippen molar-refractivity contribution in [3.05, 3.63) is 102 Å². The van der Waals surface area contributed by atoms with E-state index >= 15 is 0 Å². The number of nitrogens with zero attached hydrogens (tertiary/aromatic N) is 1. The Morgan fingerprint density at radius 1 is 1.00 bits per heavy atom. The van der Waals surface area contributed by atoms with Crippen LogP contribution in [0.2, 0.25) is 0 Å². The molecule has 1 heterocycles. The molecule has 5 rings (SSSR count). The highest BCUT2D eigenvalue weighted by molar-refractivity contribution is 5.91. The maximum atomic E-state index is 9.60. The minimum atomic E-state index is -0.549. The van der Waals surface area contributed by atoms with E-state index < -0.39 is 6.10 Å². The van der Waals surface area contributed by atoms with Crippen molar-refractivity contribution in [1.29, 1.82) is 0 Å². The summed E-state index contributed by atoms with van der Waals surface area (Å²) in [7, 11) is 0. The fourth-order valence-corrected chi connectivity index (χ4v) is 4.65. The van der Waals surface area contributed by atoms with Crippen LogP contribution in [0.5, 0.6) is 5.75 Å². The molecule has 0 spiro atoms. The van der Waals surface area contributed by atoms with E-state index in [0.29, 0.717) is 12.5 Å². The molecule has 2 aliphatic rings. The van der Waals surface area contributed by atoms with Crippen LogP contribution in [0.4, 0.5) is 0 Å². The molecule has 1 fully saturated rings. The second-order valence-electron chi connectivity index (χ2n) is 8.57. The van der Waals surface area contributed by atoms with Gasteiger partial charge in [-0.15, -0.1) is 0 Å². The van der Waals surface area contributed by atoms with Gasteiger partial charge in [-0.05, 0) is 41.8 Å². The predicted octanol–water partition coefficient (Wildman–Crippen LogP) is 4.03. The Kier molecular flexibility index (Phi) is 7.43. The first kappa shape index (κ1) is 23.0. The fraction of sp³-hybridized carbons (Fsp3) is 0.321. The van der Waals surface area contributed by atoms with Crippen molar-refractivity contribution < 1.29 is 10.2 Å². The summed E-state index contributed by atoms with van der Waals surface area (Å²) in [5.41, 5.74) is 3.68. The summed E-state index contributed by atoms with van der Waals surface area (Å²) in [4.78, 5) is 4.65. The largest absolute Gasteiger partial charge is 0.508 e. The average molecular weight is 444 g/mol. The third-order valence-electron chi connectivity index (χ3n) is 6.41. The maximum Gasteiger partial charge on any atom is 0.115 e. The number of aliphatic hydroxyl groups excluding tert-OH is 1. The number of aliphatic hydroxyl groups is 1. The molecule has 4 N–H and O–H groups in total. The molecule has 0 aromatic heterocycles. The van der Waals surface area contributed by atoms with Gasteiger partial charge in [0.05, 0.1) is 12.6 Å². The number of aliphatic imine (C=N–C) groups is 1. The molecule has 3 aromatic rings. The van der Waals surface area contributed by atoms with Crippen molar-refractivity contribution in [1.82, 2.24) is 10.6 Å². The summed E-state index contributed by atoms with van der Waals surface area (Å²) >= 11 is 0. The van der Waals surface area contributed by atoms with E-state index in [1.54, 1.807) is 24.3 Å². The highest BCUT2D eigenvalue weighted by atomic mass is 16.3. The van der Waals surface area contributed by atoms with Gasteiger partial charge in [0.1, 0.15) is 11.6 Å². The molecule has 1 aliphatic carbocycles. The SMILES string of the molecule is CCNCC(O)c1cccc(O)c1.c1ccc(C2(c3ccccc3)CC2C2=NCCN2)cc1. The fourth-order valence-electron chi connectivity index (χ4n) is 4.65. The normalized spacial score (nSPS) is 19.0. The molecule has 0 bridgehead atoms. The first-order valence-corrected chi connectivity index (χ1v) is 11.7. The molecule has 0 amide bonds. The summed E-state index contributed by atoms with van der Waals surface area (Å²) in [5, 5.41) is 25.3. The zero-order chi connectivity index (χ0) is 23.1.